The largest absolute Gasteiger partial charge is 0.357 e. The Labute approximate surface area is 140 Å². The van der Waals surface area contributed by atoms with Gasteiger partial charge in [-0.25, -0.2) is 9.98 Å². The molecule has 6 heteroatoms. The molecule has 0 saturated heterocycles. The van der Waals surface area contributed by atoms with Gasteiger partial charge in [-0.1, -0.05) is 30.7 Å². The molecule has 0 amide bonds. The molecule has 0 atom stereocenters. The highest BCUT2D eigenvalue weighted by Crippen LogP contribution is 2.11. The van der Waals surface area contributed by atoms with E-state index in [9.17, 15) is 0 Å². The van der Waals surface area contributed by atoms with E-state index in [0.717, 1.165) is 35.2 Å². The number of thiazole rings is 1. The highest BCUT2D eigenvalue weighted by atomic mass is 35.5. The number of aliphatic imine (C=N–C) groups is 1. The first kappa shape index (κ1) is 16.8. The van der Waals surface area contributed by atoms with Gasteiger partial charge in [0.1, 0.15) is 0 Å². The van der Waals surface area contributed by atoms with Crippen molar-refractivity contribution in [2.45, 2.75) is 33.4 Å². The lowest BCUT2D eigenvalue weighted by Crippen LogP contribution is -2.36. The van der Waals surface area contributed by atoms with Gasteiger partial charge >= 0.3 is 0 Å². The Bertz CT molecular complexity index is 607. The number of aromatic nitrogens is 1. The highest BCUT2D eigenvalue weighted by Gasteiger charge is 2.02. The van der Waals surface area contributed by atoms with E-state index in [2.05, 4.69) is 39.8 Å². The average molecular weight is 337 g/mol. The van der Waals surface area contributed by atoms with Crippen LogP contribution in [-0.4, -0.2) is 17.5 Å². The lowest BCUT2D eigenvalue weighted by Gasteiger charge is -2.10. The van der Waals surface area contributed by atoms with Crippen LogP contribution in [0.15, 0.2) is 34.6 Å². The number of hydrogen-bond acceptors (Lipinski definition) is 3. The molecule has 1 aromatic carbocycles. The maximum atomic E-state index is 5.89. The molecule has 1 heterocycles. The second kappa shape index (κ2) is 8.76. The van der Waals surface area contributed by atoms with Gasteiger partial charge < -0.3 is 10.6 Å². The normalized spacial score (nSPS) is 11.5. The van der Waals surface area contributed by atoms with Crippen LogP contribution in [0.25, 0.3) is 0 Å². The first-order valence-electron chi connectivity index (χ1n) is 7.41. The van der Waals surface area contributed by atoms with Crippen LogP contribution < -0.4 is 10.6 Å². The van der Waals surface area contributed by atoms with Gasteiger partial charge in [-0.2, -0.15) is 0 Å². The Morgan fingerprint density at radius 1 is 1.23 bits per heavy atom. The number of hydrogen-bond donors (Lipinski definition) is 2. The summed E-state index contributed by atoms with van der Waals surface area (Å²) in [6.45, 7) is 6.29. The first-order valence-corrected chi connectivity index (χ1v) is 8.67. The third-order valence-corrected chi connectivity index (χ3v) is 4.31. The van der Waals surface area contributed by atoms with Crippen molar-refractivity contribution < 1.29 is 0 Å². The molecule has 0 saturated carbocycles. The van der Waals surface area contributed by atoms with E-state index in [1.54, 1.807) is 11.3 Å². The van der Waals surface area contributed by atoms with Crippen LogP contribution in [0.3, 0.4) is 0 Å². The van der Waals surface area contributed by atoms with Gasteiger partial charge in [-0.15, -0.1) is 11.3 Å². The minimum atomic E-state index is 0.615. The third kappa shape index (κ3) is 5.31. The Kier molecular flexibility index (Phi) is 6.68. The molecule has 22 heavy (non-hydrogen) atoms. The highest BCUT2D eigenvalue weighted by molar-refractivity contribution is 7.09. The molecule has 0 fully saturated rings. The minimum absolute atomic E-state index is 0.615. The van der Waals surface area contributed by atoms with Crippen molar-refractivity contribution in [2.24, 2.45) is 4.99 Å². The second-order valence-corrected chi connectivity index (χ2v) is 6.14. The molecular formula is C16H21ClN4S. The van der Waals surface area contributed by atoms with E-state index < -0.39 is 0 Å². The standard InChI is InChI=1S/C16H21ClN4S/c1-3-15-21-14(11-22-15)10-20-16(18-4-2)19-9-12-5-7-13(17)8-6-12/h5-8,11H,3-4,9-10H2,1-2H3,(H2,18,19,20). The minimum Gasteiger partial charge on any atom is -0.357 e. The Balaban J connectivity index is 1.93. The van der Waals surface area contributed by atoms with Crippen LogP contribution in [0.4, 0.5) is 0 Å². The van der Waals surface area contributed by atoms with E-state index in [1.165, 1.54) is 5.01 Å². The van der Waals surface area contributed by atoms with Gasteiger partial charge in [0.15, 0.2) is 5.96 Å². The summed E-state index contributed by atoms with van der Waals surface area (Å²) in [5.41, 5.74) is 2.18. The molecule has 2 aromatic rings. The summed E-state index contributed by atoms with van der Waals surface area (Å²) in [7, 11) is 0. The molecule has 1 aromatic heterocycles. The number of aryl methyl sites for hydroxylation is 1. The smallest absolute Gasteiger partial charge is 0.191 e. The van der Waals surface area contributed by atoms with Gasteiger partial charge in [0.2, 0.25) is 0 Å². The molecule has 0 aliphatic carbocycles. The summed E-state index contributed by atoms with van der Waals surface area (Å²) in [5.74, 6) is 0.795. The van der Waals surface area contributed by atoms with Crippen molar-refractivity contribution in [3.8, 4) is 0 Å². The number of nitrogens with one attached hydrogen (secondary N) is 2. The first-order chi connectivity index (χ1) is 10.7. The molecule has 0 spiro atoms. The summed E-state index contributed by atoms with van der Waals surface area (Å²) in [4.78, 5) is 9.13. The number of halogens is 1. The van der Waals surface area contributed by atoms with Gasteiger partial charge in [0.05, 0.1) is 23.8 Å². The van der Waals surface area contributed by atoms with Gasteiger partial charge in [-0.3, -0.25) is 0 Å². The van der Waals surface area contributed by atoms with Crippen LogP contribution >= 0.6 is 22.9 Å². The van der Waals surface area contributed by atoms with Crippen LogP contribution in [-0.2, 0) is 19.5 Å². The van der Waals surface area contributed by atoms with Crippen molar-refractivity contribution in [3.05, 3.63) is 50.9 Å². The zero-order valence-corrected chi connectivity index (χ0v) is 14.5. The molecule has 118 valence electrons. The summed E-state index contributed by atoms with van der Waals surface area (Å²) in [6, 6.07) is 7.75. The third-order valence-electron chi connectivity index (χ3n) is 3.02. The summed E-state index contributed by atoms with van der Waals surface area (Å²) >= 11 is 7.59. The van der Waals surface area contributed by atoms with Crippen molar-refractivity contribution >= 4 is 28.9 Å². The van der Waals surface area contributed by atoms with E-state index in [1.807, 2.05) is 24.3 Å². The van der Waals surface area contributed by atoms with Crippen LogP contribution in [0.2, 0.25) is 5.02 Å². The van der Waals surface area contributed by atoms with E-state index >= 15 is 0 Å². The monoisotopic (exact) mass is 336 g/mol. The quantitative estimate of drug-likeness (QED) is 0.625. The van der Waals surface area contributed by atoms with Crippen molar-refractivity contribution in [2.75, 3.05) is 6.54 Å². The zero-order chi connectivity index (χ0) is 15.8. The fourth-order valence-electron chi connectivity index (χ4n) is 1.87. The summed E-state index contributed by atoms with van der Waals surface area (Å²) in [5, 5.41) is 10.6. The fraction of sp³-hybridized carbons (Fsp3) is 0.375. The molecule has 0 unspecified atom stereocenters. The molecular weight excluding hydrogens is 316 g/mol. The summed E-state index contributed by atoms with van der Waals surface area (Å²) in [6.07, 6.45) is 0.982. The Morgan fingerprint density at radius 2 is 2.00 bits per heavy atom. The average Bonchev–Trinajstić information content (AvgIpc) is 3.00. The molecule has 0 aliphatic heterocycles. The van der Waals surface area contributed by atoms with Crippen LogP contribution in [0.1, 0.15) is 30.1 Å². The van der Waals surface area contributed by atoms with E-state index in [4.69, 9.17) is 11.6 Å². The summed E-state index contributed by atoms with van der Waals surface area (Å²) < 4.78 is 0. The maximum absolute atomic E-state index is 5.89. The number of guanidine groups is 1. The van der Waals surface area contributed by atoms with Crippen LogP contribution in [0.5, 0.6) is 0 Å². The number of nitrogens with zero attached hydrogens (tertiary/aromatic N) is 2. The molecule has 0 aliphatic rings. The Morgan fingerprint density at radius 3 is 2.64 bits per heavy atom. The van der Waals surface area contributed by atoms with Gasteiger partial charge in [0, 0.05) is 16.9 Å². The topological polar surface area (TPSA) is 49.3 Å². The lowest BCUT2D eigenvalue weighted by molar-refractivity contribution is 0.800. The van der Waals surface area contributed by atoms with E-state index in [0.29, 0.717) is 13.1 Å². The fourth-order valence-corrected chi connectivity index (χ4v) is 2.74. The van der Waals surface area contributed by atoms with E-state index in [-0.39, 0.29) is 0 Å². The lowest BCUT2D eigenvalue weighted by atomic mass is 10.2. The van der Waals surface area contributed by atoms with Crippen LogP contribution in [0, 0.1) is 0 Å². The zero-order valence-electron chi connectivity index (χ0n) is 12.9. The van der Waals surface area contributed by atoms with Crippen molar-refractivity contribution in [1.29, 1.82) is 0 Å². The molecule has 2 N–H and O–H groups in total. The maximum Gasteiger partial charge on any atom is 0.191 e. The van der Waals surface area contributed by atoms with Crippen molar-refractivity contribution in [1.82, 2.24) is 15.6 Å². The predicted octanol–water partition coefficient (Wildman–Crippen LogP) is 3.61. The number of benzene rings is 1. The number of rotatable bonds is 6. The van der Waals surface area contributed by atoms with Gasteiger partial charge in [0.25, 0.3) is 0 Å². The second-order valence-electron chi connectivity index (χ2n) is 4.76. The SMILES string of the molecule is CCNC(=NCc1ccc(Cl)cc1)NCc1csc(CC)n1. The Hall–Kier alpha value is -1.59. The van der Waals surface area contributed by atoms with Crippen molar-refractivity contribution in [3.63, 3.8) is 0 Å². The molecule has 0 radical (unpaired) electrons. The van der Waals surface area contributed by atoms with Gasteiger partial charge in [-0.05, 0) is 31.0 Å². The predicted molar refractivity (Wildman–Crippen MR) is 94.6 cm³/mol. The molecule has 4 nitrogen and oxygen atoms in total. The molecule has 2 rings (SSSR count). The molecule has 0 bridgehead atoms.